The molecule has 0 amide bonds. The molecule has 0 aliphatic rings. The zero-order valence-corrected chi connectivity index (χ0v) is 34.4. The number of hydrogen-bond acceptors (Lipinski definition) is 10. The van der Waals surface area contributed by atoms with Crippen LogP contribution in [0.15, 0.2) is 117 Å². The summed E-state index contributed by atoms with van der Waals surface area (Å²) in [6.45, 7) is 11.9. The first kappa shape index (κ1) is 45.7. The van der Waals surface area contributed by atoms with Crippen molar-refractivity contribution in [3.8, 4) is 23.0 Å². The van der Waals surface area contributed by atoms with Crippen LogP contribution in [0.2, 0.25) is 0 Å². The minimum atomic E-state index is -3.34. The van der Waals surface area contributed by atoms with Crippen molar-refractivity contribution >= 4 is 44.1 Å². The van der Waals surface area contributed by atoms with Crippen molar-refractivity contribution in [2.45, 2.75) is 61.1 Å². The second-order valence-corrected chi connectivity index (χ2v) is 18.0. The summed E-state index contributed by atoms with van der Waals surface area (Å²) in [4.78, 5) is 2.41. The number of aromatic hydroxyl groups is 1. The van der Waals surface area contributed by atoms with Gasteiger partial charge in [-0.25, -0.2) is 16.8 Å². The molecule has 0 fully saturated rings. The van der Waals surface area contributed by atoms with E-state index in [1.165, 1.54) is 24.1 Å². The van der Waals surface area contributed by atoms with Gasteiger partial charge in [-0.05, 0) is 66.3 Å². The van der Waals surface area contributed by atoms with Gasteiger partial charge in [0.05, 0.1) is 32.8 Å². The van der Waals surface area contributed by atoms with Gasteiger partial charge in [-0.1, -0.05) is 90.1 Å². The highest BCUT2D eigenvalue weighted by molar-refractivity contribution is 7.99. The number of thiol groups is 1. The molecule has 282 valence electrons. The monoisotopic (exact) mass is 778 g/mol. The van der Waals surface area contributed by atoms with Crippen LogP contribution >= 0.6 is 24.4 Å². The Labute approximate surface area is 316 Å². The second kappa shape index (κ2) is 23.3. The van der Waals surface area contributed by atoms with Crippen LogP contribution in [0, 0.1) is 17.8 Å². The van der Waals surface area contributed by atoms with Crippen LogP contribution in [0.1, 0.15) is 41.5 Å². The SMILES string of the molecule is CC(C)CS(=O)(=O)c1ccccc1O.COc1ccccc1S.COc1ccccc1S(=O)(=O)CC(C)C.COc1ccccc1SCC(C)C. The van der Waals surface area contributed by atoms with E-state index < -0.39 is 19.7 Å². The van der Waals surface area contributed by atoms with Crippen molar-refractivity contribution in [1.82, 2.24) is 0 Å². The number of phenolic OH excluding ortho intramolecular Hbond substituents is 1. The highest BCUT2D eigenvalue weighted by Crippen LogP contribution is 2.30. The van der Waals surface area contributed by atoms with Gasteiger partial charge >= 0.3 is 0 Å². The summed E-state index contributed by atoms with van der Waals surface area (Å²) in [5, 5.41) is 9.38. The first-order valence-electron chi connectivity index (χ1n) is 16.4. The maximum absolute atomic E-state index is 11.9. The first-order chi connectivity index (χ1) is 24.0. The summed E-state index contributed by atoms with van der Waals surface area (Å²) in [7, 11) is -1.74. The number of phenols is 1. The standard InChI is InChI=1S/C11H16O3S.C11H16OS.C10H14O3S.C7H8OS/c1-9(2)8-15(12,13)11-7-5-4-6-10(11)14-3;1-9(2)8-13-11-7-5-4-6-10(11)12-3;1-8(2)7-14(12,13)10-6-4-3-5-9(10)11;1-8-6-4-2-3-5-7(6)9/h4-7,9H,8H2,1-3H3;4-7,9H,8H2,1-3H3;3-6,8,11H,7H2,1-2H3;2-5,9H,1H3. The highest BCUT2D eigenvalue weighted by Gasteiger charge is 2.20. The highest BCUT2D eigenvalue weighted by atomic mass is 32.2. The molecular weight excluding hydrogens is 725 g/mol. The van der Waals surface area contributed by atoms with Crippen LogP contribution in [-0.4, -0.2) is 60.5 Å². The van der Waals surface area contributed by atoms with Gasteiger partial charge in [-0.2, -0.15) is 0 Å². The van der Waals surface area contributed by atoms with Crippen LogP contribution in [0.5, 0.6) is 23.0 Å². The summed E-state index contributed by atoms with van der Waals surface area (Å²) < 4.78 is 62.6. The number of ether oxygens (including phenoxy) is 3. The molecule has 0 aromatic heterocycles. The van der Waals surface area contributed by atoms with Gasteiger partial charge in [-0.15, -0.1) is 24.4 Å². The number of methoxy groups -OCH3 is 3. The van der Waals surface area contributed by atoms with E-state index in [0.717, 1.165) is 28.1 Å². The summed E-state index contributed by atoms with van der Waals surface area (Å²) in [6, 6.07) is 28.5. The van der Waals surface area contributed by atoms with E-state index in [1.807, 2.05) is 81.9 Å². The lowest BCUT2D eigenvalue weighted by Gasteiger charge is -2.10. The van der Waals surface area contributed by atoms with Gasteiger partial charge in [0.15, 0.2) is 19.7 Å². The van der Waals surface area contributed by atoms with Crippen molar-refractivity contribution in [3.63, 3.8) is 0 Å². The van der Waals surface area contributed by atoms with Crippen molar-refractivity contribution < 1.29 is 36.2 Å². The zero-order valence-electron chi connectivity index (χ0n) is 31.1. The van der Waals surface area contributed by atoms with Crippen molar-refractivity contribution in [2.24, 2.45) is 17.8 Å². The molecule has 0 aliphatic carbocycles. The molecule has 4 aromatic rings. The number of benzene rings is 4. The minimum Gasteiger partial charge on any atom is -0.507 e. The molecule has 1 N–H and O–H groups in total. The quantitative estimate of drug-likeness (QED) is 0.107. The predicted octanol–water partition coefficient (Wildman–Crippen LogP) is 9.37. The average molecular weight is 779 g/mol. The molecule has 0 atom stereocenters. The fourth-order valence-corrected chi connectivity index (χ4v) is 9.04. The van der Waals surface area contributed by atoms with Gasteiger partial charge in [0.1, 0.15) is 32.8 Å². The third-order valence-electron chi connectivity index (χ3n) is 6.44. The molecule has 0 heterocycles. The van der Waals surface area contributed by atoms with Crippen LogP contribution in [0.4, 0.5) is 0 Å². The lowest BCUT2D eigenvalue weighted by Crippen LogP contribution is -2.12. The van der Waals surface area contributed by atoms with Crippen molar-refractivity contribution in [3.05, 3.63) is 97.1 Å². The normalized spacial score (nSPS) is 11.0. The summed E-state index contributed by atoms with van der Waals surface area (Å²) in [5.74, 6) is 4.27. The summed E-state index contributed by atoms with van der Waals surface area (Å²) >= 11 is 6.01. The maximum Gasteiger partial charge on any atom is 0.182 e. The fourth-order valence-electron chi connectivity index (χ4n) is 4.28. The molecule has 0 aliphatic heterocycles. The third kappa shape index (κ3) is 17.2. The Morgan fingerprint density at radius 2 is 0.980 bits per heavy atom. The smallest absolute Gasteiger partial charge is 0.182 e. The Hall–Kier alpha value is -3.32. The Kier molecular flexibility index (Phi) is 20.9. The Morgan fingerprint density at radius 3 is 1.43 bits per heavy atom. The molecule has 0 bridgehead atoms. The number of rotatable bonds is 12. The van der Waals surface area contributed by atoms with Crippen LogP contribution in [0.25, 0.3) is 0 Å². The van der Waals surface area contributed by atoms with Gasteiger partial charge < -0.3 is 19.3 Å². The lowest BCUT2D eigenvalue weighted by atomic mass is 10.3. The van der Waals surface area contributed by atoms with Crippen LogP contribution < -0.4 is 14.2 Å². The Morgan fingerprint density at radius 1 is 0.569 bits per heavy atom. The number of para-hydroxylation sites is 4. The molecule has 0 saturated carbocycles. The molecule has 0 spiro atoms. The lowest BCUT2D eigenvalue weighted by molar-refractivity contribution is 0.402. The third-order valence-corrected chi connectivity index (χ3v) is 12.5. The Balaban J connectivity index is 0.000000345. The molecule has 4 rings (SSSR count). The molecule has 8 nitrogen and oxygen atoms in total. The topological polar surface area (TPSA) is 116 Å². The fraction of sp³-hybridized carbons (Fsp3) is 0.385. The minimum absolute atomic E-state index is 0.0219. The summed E-state index contributed by atoms with van der Waals surface area (Å²) in [6.07, 6.45) is 0. The van der Waals surface area contributed by atoms with E-state index in [2.05, 4.69) is 32.5 Å². The summed E-state index contributed by atoms with van der Waals surface area (Å²) in [5.41, 5.74) is 0. The molecule has 51 heavy (non-hydrogen) atoms. The van der Waals surface area contributed by atoms with Crippen LogP contribution in [-0.2, 0) is 19.7 Å². The van der Waals surface area contributed by atoms with Gasteiger partial charge in [-0.3, -0.25) is 0 Å². The number of sulfone groups is 2. The van der Waals surface area contributed by atoms with E-state index >= 15 is 0 Å². The molecule has 0 saturated heterocycles. The molecule has 0 radical (unpaired) electrons. The van der Waals surface area contributed by atoms with Gasteiger partial charge in [0.2, 0.25) is 0 Å². The molecule has 12 heteroatoms. The first-order valence-corrected chi connectivity index (χ1v) is 21.2. The van der Waals surface area contributed by atoms with E-state index in [9.17, 15) is 21.9 Å². The van der Waals surface area contributed by atoms with Gasteiger partial charge in [0.25, 0.3) is 0 Å². The van der Waals surface area contributed by atoms with Crippen LogP contribution in [0.3, 0.4) is 0 Å². The number of hydrogen-bond donors (Lipinski definition) is 2. The maximum atomic E-state index is 11.9. The Bertz CT molecular complexity index is 1810. The second-order valence-electron chi connectivity index (χ2n) is 12.5. The van der Waals surface area contributed by atoms with E-state index in [0.29, 0.717) is 5.75 Å². The largest absolute Gasteiger partial charge is 0.507 e. The average Bonchev–Trinajstić information content (AvgIpc) is 3.07. The van der Waals surface area contributed by atoms with Gasteiger partial charge in [0, 0.05) is 15.5 Å². The van der Waals surface area contributed by atoms with Crippen molar-refractivity contribution in [1.29, 1.82) is 0 Å². The molecule has 0 unspecified atom stereocenters. The number of thioether (sulfide) groups is 1. The molecule has 4 aromatic carbocycles. The van der Waals surface area contributed by atoms with E-state index in [4.69, 9.17) is 14.2 Å². The molecular formula is C39H54O8S4. The zero-order chi connectivity index (χ0) is 38.6. The predicted molar refractivity (Wildman–Crippen MR) is 214 cm³/mol. The van der Waals surface area contributed by atoms with E-state index in [1.54, 1.807) is 50.6 Å². The van der Waals surface area contributed by atoms with Crippen molar-refractivity contribution in [2.75, 3.05) is 38.6 Å². The van der Waals surface area contributed by atoms with E-state index in [-0.39, 0.29) is 38.9 Å².